The van der Waals surface area contributed by atoms with Crippen molar-refractivity contribution in [1.29, 1.82) is 0 Å². The van der Waals surface area contributed by atoms with Crippen LogP contribution in [0.4, 0.5) is 4.39 Å². The van der Waals surface area contributed by atoms with Crippen LogP contribution in [-0.4, -0.2) is 26.9 Å². The highest BCUT2D eigenvalue weighted by molar-refractivity contribution is 9.10. The fraction of sp³-hybridized carbons (Fsp3) is 0.364. The van der Waals surface area contributed by atoms with E-state index in [4.69, 9.17) is 0 Å². The maximum absolute atomic E-state index is 13.3. The quantitative estimate of drug-likeness (QED) is 0.858. The first kappa shape index (κ1) is 14.4. The van der Waals surface area contributed by atoms with Gasteiger partial charge < -0.3 is 5.32 Å². The number of piperidine rings is 1. The molecule has 1 atom stereocenters. The van der Waals surface area contributed by atoms with E-state index in [9.17, 15) is 17.6 Å². The van der Waals surface area contributed by atoms with Gasteiger partial charge in [-0.05, 0) is 47.0 Å². The second kappa shape index (κ2) is 5.56. The number of hydrogen-bond acceptors (Lipinski definition) is 3. The number of amides is 1. The number of carbonyl (C=O) groups excluding carboxylic acids is 1. The van der Waals surface area contributed by atoms with Crippen LogP contribution >= 0.6 is 15.9 Å². The van der Waals surface area contributed by atoms with E-state index in [-0.39, 0.29) is 15.3 Å². The SMILES string of the molecule is O=C1NCCCC1NS(=O)(=O)c1ccc(Br)c(F)c1. The summed E-state index contributed by atoms with van der Waals surface area (Å²) in [5, 5.41) is 2.58. The van der Waals surface area contributed by atoms with Crippen molar-refractivity contribution >= 4 is 31.9 Å². The Hall–Kier alpha value is -0.990. The molecule has 0 saturated carbocycles. The summed E-state index contributed by atoms with van der Waals surface area (Å²) in [7, 11) is -3.90. The second-order valence-electron chi connectivity index (χ2n) is 4.18. The lowest BCUT2D eigenvalue weighted by Crippen LogP contribution is -2.50. The van der Waals surface area contributed by atoms with Gasteiger partial charge in [-0.3, -0.25) is 4.79 Å². The van der Waals surface area contributed by atoms with Gasteiger partial charge in [0.25, 0.3) is 0 Å². The van der Waals surface area contributed by atoms with Crippen LogP contribution in [0, 0.1) is 5.82 Å². The minimum atomic E-state index is -3.90. The minimum absolute atomic E-state index is 0.182. The molecule has 8 heteroatoms. The van der Waals surface area contributed by atoms with Gasteiger partial charge in [-0.25, -0.2) is 12.8 Å². The number of hydrogen-bond donors (Lipinski definition) is 2. The molecule has 1 aromatic rings. The molecule has 0 bridgehead atoms. The van der Waals surface area contributed by atoms with Crippen molar-refractivity contribution in [3.05, 3.63) is 28.5 Å². The first-order chi connectivity index (χ1) is 8.90. The lowest BCUT2D eigenvalue weighted by atomic mass is 10.1. The first-order valence-electron chi connectivity index (χ1n) is 5.65. The van der Waals surface area contributed by atoms with E-state index in [1.807, 2.05) is 0 Å². The lowest BCUT2D eigenvalue weighted by Gasteiger charge is -2.22. The van der Waals surface area contributed by atoms with E-state index in [1.165, 1.54) is 12.1 Å². The van der Waals surface area contributed by atoms with Crippen molar-refractivity contribution in [3.63, 3.8) is 0 Å². The molecule has 1 aliphatic heterocycles. The Morgan fingerprint density at radius 1 is 1.42 bits per heavy atom. The number of benzene rings is 1. The first-order valence-corrected chi connectivity index (χ1v) is 7.93. The van der Waals surface area contributed by atoms with Gasteiger partial charge in [-0.1, -0.05) is 0 Å². The summed E-state index contributed by atoms with van der Waals surface area (Å²) in [6.45, 7) is 0.546. The summed E-state index contributed by atoms with van der Waals surface area (Å²) >= 11 is 2.95. The van der Waals surface area contributed by atoms with E-state index in [1.54, 1.807) is 0 Å². The topological polar surface area (TPSA) is 75.3 Å². The molecule has 1 heterocycles. The molecule has 1 saturated heterocycles. The maximum atomic E-state index is 13.3. The molecule has 2 rings (SSSR count). The molecule has 1 amide bonds. The van der Waals surface area contributed by atoms with E-state index in [2.05, 4.69) is 26.0 Å². The molecule has 1 aromatic carbocycles. The predicted molar refractivity (Wildman–Crippen MR) is 70.5 cm³/mol. The van der Waals surface area contributed by atoms with E-state index >= 15 is 0 Å². The standard InChI is InChI=1S/C11H12BrFN2O3S/c12-8-4-3-7(6-9(8)13)19(17,18)15-10-2-1-5-14-11(10)16/h3-4,6,10,15H,1-2,5H2,(H,14,16). The Morgan fingerprint density at radius 2 is 2.16 bits per heavy atom. The molecule has 0 aliphatic carbocycles. The number of rotatable bonds is 3. The zero-order valence-corrected chi connectivity index (χ0v) is 12.2. The van der Waals surface area contributed by atoms with Gasteiger partial charge in [0.2, 0.25) is 15.9 Å². The van der Waals surface area contributed by atoms with Crippen molar-refractivity contribution < 1.29 is 17.6 Å². The molecule has 5 nitrogen and oxygen atoms in total. The van der Waals surface area contributed by atoms with Crippen LogP contribution in [0.15, 0.2) is 27.6 Å². The van der Waals surface area contributed by atoms with Crippen molar-refractivity contribution in [2.75, 3.05) is 6.54 Å². The normalized spacial score (nSPS) is 20.1. The van der Waals surface area contributed by atoms with Crippen LogP contribution in [-0.2, 0) is 14.8 Å². The summed E-state index contributed by atoms with van der Waals surface area (Å²) in [5.41, 5.74) is 0. The van der Waals surface area contributed by atoms with Gasteiger partial charge in [-0.2, -0.15) is 4.72 Å². The van der Waals surface area contributed by atoms with Crippen LogP contribution in [0.3, 0.4) is 0 Å². The molecule has 104 valence electrons. The average molecular weight is 351 g/mol. The van der Waals surface area contributed by atoms with Gasteiger partial charge in [0, 0.05) is 6.54 Å². The molecule has 1 fully saturated rings. The average Bonchev–Trinajstić information content (AvgIpc) is 2.35. The van der Waals surface area contributed by atoms with E-state index in [0.29, 0.717) is 19.4 Å². The van der Waals surface area contributed by atoms with Gasteiger partial charge in [0.05, 0.1) is 9.37 Å². The Labute approximate surface area is 118 Å². The Bertz CT molecular complexity index is 606. The smallest absolute Gasteiger partial charge is 0.241 e. The number of carbonyl (C=O) groups is 1. The third kappa shape index (κ3) is 3.31. The van der Waals surface area contributed by atoms with Crippen LogP contribution in [0.25, 0.3) is 0 Å². The Balaban J connectivity index is 2.22. The van der Waals surface area contributed by atoms with Crippen molar-refractivity contribution in [2.24, 2.45) is 0 Å². The maximum Gasteiger partial charge on any atom is 0.241 e. The van der Waals surface area contributed by atoms with Gasteiger partial charge in [-0.15, -0.1) is 0 Å². The van der Waals surface area contributed by atoms with Gasteiger partial charge in [0.15, 0.2) is 0 Å². The highest BCUT2D eigenvalue weighted by Crippen LogP contribution is 2.20. The monoisotopic (exact) mass is 350 g/mol. The van der Waals surface area contributed by atoms with Crippen molar-refractivity contribution in [1.82, 2.24) is 10.0 Å². The van der Waals surface area contributed by atoms with Crippen LogP contribution in [0.2, 0.25) is 0 Å². The Morgan fingerprint density at radius 3 is 2.79 bits per heavy atom. The summed E-state index contributed by atoms with van der Waals surface area (Å²) in [6, 6.07) is 2.69. The fourth-order valence-corrected chi connectivity index (χ4v) is 3.27. The minimum Gasteiger partial charge on any atom is -0.355 e. The third-order valence-corrected chi connectivity index (χ3v) is 4.90. The zero-order chi connectivity index (χ0) is 14.0. The highest BCUT2D eigenvalue weighted by atomic mass is 79.9. The molecular weight excluding hydrogens is 339 g/mol. The molecule has 1 aliphatic rings. The number of nitrogens with one attached hydrogen (secondary N) is 2. The van der Waals surface area contributed by atoms with Gasteiger partial charge in [0.1, 0.15) is 11.9 Å². The van der Waals surface area contributed by atoms with Gasteiger partial charge >= 0.3 is 0 Å². The molecule has 2 N–H and O–H groups in total. The van der Waals surface area contributed by atoms with Crippen LogP contribution in [0.1, 0.15) is 12.8 Å². The number of sulfonamides is 1. The fourth-order valence-electron chi connectivity index (χ4n) is 1.78. The van der Waals surface area contributed by atoms with E-state index in [0.717, 1.165) is 6.07 Å². The zero-order valence-electron chi connectivity index (χ0n) is 9.82. The molecular formula is C11H12BrFN2O3S. The highest BCUT2D eigenvalue weighted by Gasteiger charge is 2.27. The molecule has 0 spiro atoms. The summed E-state index contributed by atoms with van der Waals surface area (Å²) < 4.78 is 39.9. The van der Waals surface area contributed by atoms with Crippen LogP contribution < -0.4 is 10.0 Å². The molecule has 19 heavy (non-hydrogen) atoms. The summed E-state index contributed by atoms with van der Waals surface area (Å²) in [4.78, 5) is 11.3. The van der Waals surface area contributed by atoms with Crippen molar-refractivity contribution in [3.8, 4) is 0 Å². The summed E-state index contributed by atoms with van der Waals surface area (Å²) in [5.74, 6) is -1.02. The predicted octanol–water partition coefficient (Wildman–Crippen LogP) is 1.15. The second-order valence-corrected chi connectivity index (χ2v) is 6.75. The van der Waals surface area contributed by atoms with Crippen molar-refractivity contribution in [2.45, 2.75) is 23.8 Å². The molecule has 0 aromatic heterocycles. The van der Waals surface area contributed by atoms with E-state index < -0.39 is 21.9 Å². The lowest BCUT2D eigenvalue weighted by molar-refractivity contribution is -0.124. The number of halogens is 2. The largest absolute Gasteiger partial charge is 0.355 e. The Kier molecular flexibility index (Phi) is 4.22. The molecule has 1 unspecified atom stereocenters. The third-order valence-electron chi connectivity index (χ3n) is 2.78. The van der Waals surface area contributed by atoms with Crippen LogP contribution in [0.5, 0.6) is 0 Å². The molecule has 0 radical (unpaired) electrons. The summed E-state index contributed by atoms with van der Waals surface area (Å²) in [6.07, 6.45) is 1.14.